The summed E-state index contributed by atoms with van der Waals surface area (Å²) in [6.45, 7) is 2.99. The van der Waals surface area contributed by atoms with Gasteiger partial charge < -0.3 is 24.5 Å². The largest absolute Gasteiger partial charge is 0.492 e. The Morgan fingerprint density at radius 1 is 0.967 bits per heavy atom. The predicted molar refractivity (Wildman–Crippen MR) is 105 cm³/mol. The lowest BCUT2D eigenvalue weighted by atomic mass is 9.82. The number of halogens is 1. The van der Waals surface area contributed by atoms with E-state index in [0.29, 0.717) is 10.3 Å². The van der Waals surface area contributed by atoms with Crippen LogP contribution in [0.5, 0.6) is 11.8 Å². The molecule has 1 unspecified atom stereocenters. The van der Waals surface area contributed by atoms with Crippen molar-refractivity contribution in [2.45, 2.75) is 31.1 Å². The fourth-order valence-corrected chi connectivity index (χ4v) is 3.13. The van der Waals surface area contributed by atoms with E-state index < -0.39 is 46.9 Å². The van der Waals surface area contributed by atoms with E-state index in [2.05, 4.69) is 0 Å². The molecule has 0 bridgehead atoms. The number of benzene rings is 1. The zero-order valence-electron chi connectivity index (χ0n) is 16.4. The number of hydrogen-bond donors (Lipinski definition) is 2. The number of esters is 2. The van der Waals surface area contributed by atoms with Crippen molar-refractivity contribution >= 4 is 29.5 Å². The van der Waals surface area contributed by atoms with Crippen LogP contribution in [-0.4, -0.2) is 50.9 Å². The molecule has 0 amide bonds. The van der Waals surface area contributed by atoms with Crippen LogP contribution in [0.2, 0.25) is 0 Å². The molecule has 1 aromatic heterocycles. The van der Waals surface area contributed by atoms with Gasteiger partial charge in [-0.1, -0.05) is 41.9 Å². The van der Waals surface area contributed by atoms with Crippen molar-refractivity contribution in [1.29, 1.82) is 0 Å². The number of aromatic hydroxyl groups is 2. The Morgan fingerprint density at radius 2 is 1.47 bits per heavy atom. The second kappa shape index (κ2) is 10.0. The minimum atomic E-state index is -2.37. The van der Waals surface area contributed by atoms with Gasteiger partial charge in [-0.25, -0.2) is 14.4 Å². The molecule has 1 aromatic carbocycles. The van der Waals surface area contributed by atoms with E-state index in [1.54, 1.807) is 44.2 Å². The first kappa shape index (κ1) is 23.1. The number of carbonyl (C=O) groups excluding carboxylic acids is 3. The Labute approximate surface area is 177 Å². The molecular weight excluding hydrogens is 418 g/mol. The van der Waals surface area contributed by atoms with Gasteiger partial charge in [0.05, 0.1) is 19.6 Å². The van der Waals surface area contributed by atoms with Gasteiger partial charge >= 0.3 is 17.9 Å². The van der Waals surface area contributed by atoms with Gasteiger partial charge in [-0.3, -0.25) is 0 Å². The van der Waals surface area contributed by atoms with Crippen LogP contribution < -0.4 is 4.84 Å². The van der Waals surface area contributed by atoms with Gasteiger partial charge in [0.25, 0.3) is 0 Å². The van der Waals surface area contributed by atoms with E-state index in [0.717, 1.165) is 12.1 Å². The van der Waals surface area contributed by atoms with Crippen LogP contribution in [-0.2, 0) is 23.9 Å². The molecule has 0 saturated carbocycles. The molecule has 2 aromatic rings. The van der Waals surface area contributed by atoms with Gasteiger partial charge in [-0.15, -0.1) is 4.73 Å². The first-order valence-electron chi connectivity index (χ1n) is 9.14. The van der Waals surface area contributed by atoms with Crippen molar-refractivity contribution in [1.82, 2.24) is 4.73 Å². The minimum absolute atomic E-state index is 0.0518. The quantitative estimate of drug-likeness (QED) is 0.346. The average Bonchev–Trinajstić information content (AvgIpc) is 3.04. The molecule has 0 aliphatic rings. The molecule has 0 spiro atoms. The molecule has 0 saturated heterocycles. The van der Waals surface area contributed by atoms with Crippen molar-refractivity contribution in [3.63, 3.8) is 0 Å². The maximum absolute atomic E-state index is 12.7. The fourth-order valence-electron chi connectivity index (χ4n) is 2.81. The van der Waals surface area contributed by atoms with Crippen LogP contribution in [0.15, 0.2) is 42.5 Å². The third-order valence-corrected chi connectivity index (χ3v) is 4.76. The summed E-state index contributed by atoms with van der Waals surface area (Å²) < 4.78 is 10.5. The Kier molecular flexibility index (Phi) is 7.71. The Morgan fingerprint density at radius 3 is 1.93 bits per heavy atom. The van der Waals surface area contributed by atoms with Crippen LogP contribution in [0.25, 0.3) is 0 Å². The second-order valence-corrected chi connectivity index (χ2v) is 6.72. The average molecular weight is 440 g/mol. The Bertz CT molecular complexity index is 858. The minimum Gasteiger partial charge on any atom is -0.492 e. The molecule has 162 valence electrons. The third kappa shape index (κ3) is 4.85. The van der Waals surface area contributed by atoms with Crippen molar-refractivity contribution in [3.05, 3.63) is 48.0 Å². The lowest BCUT2D eigenvalue weighted by molar-refractivity contribution is -0.161. The van der Waals surface area contributed by atoms with Gasteiger partial charge in [0, 0.05) is 18.1 Å². The highest BCUT2D eigenvalue weighted by Gasteiger charge is 2.55. The second-order valence-electron chi connectivity index (χ2n) is 6.13. The molecule has 1 atom stereocenters. The molecule has 0 radical (unpaired) electrons. The number of rotatable bonds is 9. The molecule has 2 N–H and O–H groups in total. The normalized spacial score (nSPS) is 12.1. The number of ether oxygens (including phenoxy) is 2. The molecule has 30 heavy (non-hydrogen) atoms. The number of nitrogens with zero attached hydrogens (tertiary/aromatic N) is 1. The fraction of sp³-hybridized carbons (Fsp3) is 0.350. The SMILES string of the molecule is CCOC(=O)C(Cl)(C(=O)OCC)C(CC(=O)On1c(O)ccc1O)c1ccccc1. The predicted octanol–water partition coefficient (Wildman–Crippen LogP) is 2.13. The van der Waals surface area contributed by atoms with Crippen LogP contribution in [0.3, 0.4) is 0 Å². The lowest BCUT2D eigenvalue weighted by Crippen LogP contribution is -2.49. The maximum atomic E-state index is 12.7. The van der Waals surface area contributed by atoms with E-state index in [-0.39, 0.29) is 13.2 Å². The van der Waals surface area contributed by atoms with E-state index >= 15 is 0 Å². The van der Waals surface area contributed by atoms with Crippen LogP contribution in [0, 0.1) is 0 Å². The monoisotopic (exact) mass is 439 g/mol. The van der Waals surface area contributed by atoms with Crippen molar-refractivity contribution in [2.75, 3.05) is 13.2 Å². The highest BCUT2D eigenvalue weighted by atomic mass is 35.5. The topological polar surface area (TPSA) is 124 Å². The standard InChI is InChI=1S/C20H22ClNO8/c1-3-28-18(26)20(21,19(27)29-4-2)14(13-8-6-5-7-9-13)12-17(25)30-22-15(23)10-11-16(22)24/h5-11,14,23-24H,3-4,12H2,1-2H3. The Hall–Kier alpha value is -3.20. The summed E-state index contributed by atoms with van der Waals surface area (Å²) in [6.07, 6.45) is -0.567. The number of hydrogen-bond acceptors (Lipinski definition) is 8. The van der Waals surface area contributed by atoms with E-state index in [1.165, 1.54) is 0 Å². The molecule has 0 aliphatic heterocycles. The molecule has 9 nitrogen and oxygen atoms in total. The number of aromatic nitrogens is 1. The van der Waals surface area contributed by atoms with Crippen molar-refractivity contribution in [2.24, 2.45) is 0 Å². The van der Waals surface area contributed by atoms with Gasteiger partial charge in [-0.05, 0) is 19.4 Å². The van der Waals surface area contributed by atoms with Gasteiger partial charge in [-0.2, -0.15) is 0 Å². The van der Waals surface area contributed by atoms with Gasteiger partial charge in [0.1, 0.15) is 0 Å². The summed E-state index contributed by atoms with van der Waals surface area (Å²) in [5, 5.41) is 19.3. The molecular formula is C20H22ClNO8. The van der Waals surface area contributed by atoms with Crippen molar-refractivity contribution in [3.8, 4) is 11.8 Å². The highest BCUT2D eigenvalue weighted by molar-refractivity contribution is 6.45. The first-order chi connectivity index (χ1) is 14.2. The summed E-state index contributed by atoms with van der Waals surface area (Å²) in [5.74, 6) is -5.40. The third-order valence-electron chi connectivity index (χ3n) is 4.19. The summed E-state index contributed by atoms with van der Waals surface area (Å²) in [7, 11) is 0. The molecule has 2 rings (SSSR count). The molecule has 0 aliphatic carbocycles. The lowest BCUT2D eigenvalue weighted by Gasteiger charge is -2.31. The van der Waals surface area contributed by atoms with Crippen LogP contribution in [0.1, 0.15) is 31.7 Å². The van der Waals surface area contributed by atoms with Crippen molar-refractivity contribution < 1.29 is 38.9 Å². The molecule has 0 fully saturated rings. The summed E-state index contributed by atoms with van der Waals surface area (Å²) in [4.78, 5) is 40.6. The summed E-state index contributed by atoms with van der Waals surface area (Å²) in [5.41, 5.74) is 0.381. The molecule has 10 heteroatoms. The van der Waals surface area contributed by atoms with E-state index in [9.17, 15) is 24.6 Å². The zero-order chi connectivity index (χ0) is 22.3. The summed E-state index contributed by atoms with van der Waals surface area (Å²) in [6, 6.07) is 10.4. The number of carbonyl (C=O) groups is 3. The van der Waals surface area contributed by atoms with Crippen LogP contribution >= 0.6 is 11.6 Å². The van der Waals surface area contributed by atoms with E-state index in [1.807, 2.05) is 0 Å². The maximum Gasteiger partial charge on any atom is 0.339 e. The van der Waals surface area contributed by atoms with Crippen LogP contribution in [0.4, 0.5) is 0 Å². The Balaban J connectivity index is 2.45. The van der Waals surface area contributed by atoms with E-state index in [4.69, 9.17) is 25.9 Å². The molecule has 1 heterocycles. The number of alkyl halides is 1. The van der Waals surface area contributed by atoms with Gasteiger partial charge in [0.15, 0.2) is 0 Å². The zero-order valence-corrected chi connectivity index (χ0v) is 17.2. The smallest absolute Gasteiger partial charge is 0.339 e. The van der Waals surface area contributed by atoms with Gasteiger partial charge in [0.2, 0.25) is 16.6 Å². The summed E-state index contributed by atoms with van der Waals surface area (Å²) >= 11 is 6.52. The highest BCUT2D eigenvalue weighted by Crippen LogP contribution is 2.39. The first-order valence-corrected chi connectivity index (χ1v) is 9.52.